The number of hydrogen-bond acceptors (Lipinski definition) is 3. The summed E-state index contributed by atoms with van der Waals surface area (Å²) in [6, 6.07) is 13.3. The van der Waals surface area contributed by atoms with Gasteiger partial charge < -0.3 is 15.4 Å². The fraction of sp³-hybridized carbons (Fsp3) is 0.250. The van der Waals surface area contributed by atoms with E-state index >= 15 is 0 Å². The minimum Gasteiger partial charge on any atom is -0.494 e. The van der Waals surface area contributed by atoms with Crippen molar-refractivity contribution in [1.29, 1.82) is 0 Å². The molecule has 2 aromatic rings. The number of benzene rings is 2. The first-order valence-corrected chi connectivity index (χ1v) is 7.60. The second-order valence-electron chi connectivity index (χ2n) is 4.44. The minimum atomic E-state index is 0.626. The van der Waals surface area contributed by atoms with Crippen LogP contribution in [0.4, 0.5) is 11.4 Å². The molecule has 5 heteroatoms. The van der Waals surface area contributed by atoms with Gasteiger partial charge in [0.2, 0.25) is 0 Å². The first-order valence-electron chi connectivity index (χ1n) is 6.84. The first-order chi connectivity index (χ1) is 10.2. The summed E-state index contributed by atoms with van der Waals surface area (Å²) in [5, 5.41) is 7.86. The standard InChI is InChI=1S/C16H18Cl2N2O/c1-2-21-14-5-3-4-13(11-14)19-8-9-20-16-7-6-12(17)10-15(16)18/h3-7,10-11,19-20H,2,8-9H2,1H3. The lowest BCUT2D eigenvalue weighted by atomic mass is 10.3. The molecule has 0 heterocycles. The maximum absolute atomic E-state index is 6.10. The zero-order valence-corrected chi connectivity index (χ0v) is 13.3. The lowest BCUT2D eigenvalue weighted by Crippen LogP contribution is -2.13. The van der Waals surface area contributed by atoms with E-state index in [1.807, 2.05) is 43.3 Å². The van der Waals surface area contributed by atoms with Gasteiger partial charge in [-0.2, -0.15) is 0 Å². The lowest BCUT2D eigenvalue weighted by Gasteiger charge is -2.11. The van der Waals surface area contributed by atoms with E-state index in [0.717, 1.165) is 30.2 Å². The van der Waals surface area contributed by atoms with Crippen LogP contribution in [-0.2, 0) is 0 Å². The third-order valence-electron chi connectivity index (χ3n) is 2.85. The number of hydrogen-bond donors (Lipinski definition) is 2. The normalized spacial score (nSPS) is 10.2. The molecule has 0 bridgehead atoms. The molecule has 0 aromatic heterocycles. The molecule has 2 aromatic carbocycles. The van der Waals surface area contributed by atoms with Gasteiger partial charge in [0, 0.05) is 29.9 Å². The van der Waals surface area contributed by atoms with Crippen molar-refractivity contribution in [2.75, 3.05) is 30.3 Å². The van der Waals surface area contributed by atoms with Gasteiger partial charge in [0.05, 0.1) is 17.3 Å². The molecule has 0 atom stereocenters. The number of ether oxygens (including phenoxy) is 1. The van der Waals surface area contributed by atoms with Gasteiger partial charge in [-0.3, -0.25) is 0 Å². The molecule has 0 saturated carbocycles. The molecule has 2 N–H and O–H groups in total. The zero-order valence-electron chi connectivity index (χ0n) is 11.8. The van der Waals surface area contributed by atoms with Crippen LogP contribution in [0.1, 0.15) is 6.92 Å². The highest BCUT2D eigenvalue weighted by molar-refractivity contribution is 6.36. The summed E-state index contributed by atoms with van der Waals surface area (Å²) in [4.78, 5) is 0. The van der Waals surface area contributed by atoms with E-state index in [4.69, 9.17) is 27.9 Å². The predicted molar refractivity (Wildman–Crippen MR) is 91.1 cm³/mol. The van der Waals surface area contributed by atoms with Gasteiger partial charge in [0.25, 0.3) is 0 Å². The topological polar surface area (TPSA) is 33.3 Å². The molecule has 0 amide bonds. The Morgan fingerprint density at radius 2 is 1.81 bits per heavy atom. The minimum absolute atomic E-state index is 0.626. The molecule has 3 nitrogen and oxygen atoms in total. The van der Waals surface area contributed by atoms with Gasteiger partial charge in [-0.25, -0.2) is 0 Å². The molecule has 0 aliphatic carbocycles. The van der Waals surface area contributed by atoms with Crippen LogP contribution in [0.15, 0.2) is 42.5 Å². The van der Waals surface area contributed by atoms with E-state index < -0.39 is 0 Å². The first kappa shape index (κ1) is 15.8. The van der Waals surface area contributed by atoms with Crippen LogP contribution in [0.25, 0.3) is 0 Å². The predicted octanol–water partition coefficient (Wildman–Crippen LogP) is 4.92. The van der Waals surface area contributed by atoms with Crippen molar-refractivity contribution < 1.29 is 4.74 Å². The fourth-order valence-electron chi connectivity index (χ4n) is 1.90. The summed E-state index contributed by atoms with van der Waals surface area (Å²) in [7, 11) is 0. The number of halogens is 2. The maximum Gasteiger partial charge on any atom is 0.121 e. The quantitative estimate of drug-likeness (QED) is 0.709. The molecule has 0 radical (unpaired) electrons. The number of rotatable bonds is 7. The van der Waals surface area contributed by atoms with Crippen molar-refractivity contribution in [3.05, 3.63) is 52.5 Å². The van der Waals surface area contributed by atoms with E-state index in [9.17, 15) is 0 Å². The second kappa shape index (κ2) is 8.01. The molecule has 21 heavy (non-hydrogen) atoms. The Morgan fingerprint density at radius 3 is 2.57 bits per heavy atom. The molecule has 0 spiro atoms. The summed E-state index contributed by atoms with van der Waals surface area (Å²) in [5.41, 5.74) is 1.91. The number of nitrogens with one attached hydrogen (secondary N) is 2. The molecule has 0 saturated heterocycles. The van der Waals surface area contributed by atoms with Gasteiger partial charge in [-0.15, -0.1) is 0 Å². The summed E-state index contributed by atoms with van der Waals surface area (Å²) in [5.74, 6) is 0.871. The van der Waals surface area contributed by atoms with E-state index in [0.29, 0.717) is 16.7 Å². The monoisotopic (exact) mass is 324 g/mol. The average Bonchev–Trinajstić information content (AvgIpc) is 2.46. The lowest BCUT2D eigenvalue weighted by molar-refractivity contribution is 0.340. The van der Waals surface area contributed by atoms with Gasteiger partial charge in [-0.05, 0) is 37.3 Å². The van der Waals surface area contributed by atoms with E-state index in [1.165, 1.54) is 0 Å². The van der Waals surface area contributed by atoms with E-state index in [2.05, 4.69) is 10.6 Å². The molecule has 2 rings (SSSR count). The summed E-state index contributed by atoms with van der Waals surface area (Å²) in [6.07, 6.45) is 0. The smallest absolute Gasteiger partial charge is 0.121 e. The van der Waals surface area contributed by atoms with Crippen LogP contribution in [-0.4, -0.2) is 19.7 Å². The molecule has 0 aliphatic heterocycles. The van der Waals surface area contributed by atoms with Gasteiger partial charge in [0.15, 0.2) is 0 Å². The molecule has 0 fully saturated rings. The van der Waals surface area contributed by atoms with Crippen LogP contribution in [0, 0.1) is 0 Å². The van der Waals surface area contributed by atoms with Crippen molar-refractivity contribution in [3.8, 4) is 5.75 Å². The van der Waals surface area contributed by atoms with Crippen molar-refractivity contribution >= 4 is 34.6 Å². The molecular weight excluding hydrogens is 307 g/mol. The van der Waals surface area contributed by atoms with Crippen molar-refractivity contribution in [1.82, 2.24) is 0 Å². The van der Waals surface area contributed by atoms with Crippen LogP contribution in [0.2, 0.25) is 10.0 Å². The molecular formula is C16H18Cl2N2O. The van der Waals surface area contributed by atoms with E-state index in [1.54, 1.807) is 6.07 Å². The van der Waals surface area contributed by atoms with Crippen LogP contribution < -0.4 is 15.4 Å². The van der Waals surface area contributed by atoms with Crippen molar-refractivity contribution in [2.45, 2.75) is 6.92 Å². The second-order valence-corrected chi connectivity index (χ2v) is 5.28. The van der Waals surface area contributed by atoms with Crippen LogP contribution >= 0.6 is 23.2 Å². The highest BCUT2D eigenvalue weighted by Crippen LogP contribution is 2.25. The zero-order chi connectivity index (χ0) is 15.1. The summed E-state index contributed by atoms with van der Waals surface area (Å²) >= 11 is 12.0. The average molecular weight is 325 g/mol. The number of anilines is 2. The molecule has 112 valence electrons. The largest absolute Gasteiger partial charge is 0.494 e. The molecule has 0 unspecified atom stereocenters. The summed E-state index contributed by atoms with van der Waals surface area (Å²) < 4.78 is 5.46. The summed E-state index contributed by atoms with van der Waals surface area (Å²) in [6.45, 7) is 4.16. The highest BCUT2D eigenvalue weighted by atomic mass is 35.5. The highest BCUT2D eigenvalue weighted by Gasteiger charge is 2.00. The van der Waals surface area contributed by atoms with Crippen LogP contribution in [0.3, 0.4) is 0 Å². The Bertz CT molecular complexity index is 590. The Kier molecular flexibility index (Phi) is 6.03. The Morgan fingerprint density at radius 1 is 1.00 bits per heavy atom. The Balaban J connectivity index is 1.80. The van der Waals surface area contributed by atoms with Gasteiger partial charge in [-0.1, -0.05) is 29.3 Å². The molecule has 0 aliphatic rings. The van der Waals surface area contributed by atoms with Crippen molar-refractivity contribution in [3.63, 3.8) is 0 Å². The Hall–Kier alpha value is -1.58. The Labute approximate surface area is 135 Å². The van der Waals surface area contributed by atoms with Crippen LogP contribution in [0.5, 0.6) is 5.75 Å². The fourth-order valence-corrected chi connectivity index (χ4v) is 2.37. The SMILES string of the molecule is CCOc1cccc(NCCNc2ccc(Cl)cc2Cl)c1. The van der Waals surface area contributed by atoms with Gasteiger partial charge >= 0.3 is 0 Å². The van der Waals surface area contributed by atoms with Crippen molar-refractivity contribution in [2.24, 2.45) is 0 Å². The third-order valence-corrected chi connectivity index (χ3v) is 3.39. The van der Waals surface area contributed by atoms with Gasteiger partial charge in [0.1, 0.15) is 5.75 Å². The third kappa shape index (κ3) is 5.03. The van der Waals surface area contributed by atoms with E-state index in [-0.39, 0.29) is 0 Å². The maximum atomic E-state index is 6.10.